The summed E-state index contributed by atoms with van der Waals surface area (Å²) in [5.74, 6) is -0.201. The van der Waals surface area contributed by atoms with Gasteiger partial charge in [0.1, 0.15) is 5.82 Å². The number of piperidine rings is 1. The highest BCUT2D eigenvalue weighted by molar-refractivity contribution is 5.81. The zero-order chi connectivity index (χ0) is 19.3. The SMILES string of the molecule is CCC(=O)N1CCCC(C(=O)NCC2(c3cccc(F)c3)CCCCC2)C1. The summed E-state index contributed by atoms with van der Waals surface area (Å²) in [6.45, 7) is 3.68. The molecule has 2 amide bonds. The predicted molar refractivity (Wildman–Crippen MR) is 104 cm³/mol. The van der Waals surface area contributed by atoms with Crippen molar-refractivity contribution in [2.75, 3.05) is 19.6 Å². The molecule has 0 radical (unpaired) electrons. The van der Waals surface area contributed by atoms with Gasteiger partial charge in [-0.1, -0.05) is 38.3 Å². The number of nitrogens with zero attached hydrogens (tertiary/aromatic N) is 1. The average Bonchev–Trinajstić information content (AvgIpc) is 2.72. The Labute approximate surface area is 161 Å². The Balaban J connectivity index is 1.66. The summed E-state index contributed by atoms with van der Waals surface area (Å²) >= 11 is 0. The van der Waals surface area contributed by atoms with E-state index in [0.29, 0.717) is 19.5 Å². The number of nitrogens with one attached hydrogen (secondary N) is 1. The fraction of sp³-hybridized carbons (Fsp3) is 0.636. The van der Waals surface area contributed by atoms with Crippen LogP contribution >= 0.6 is 0 Å². The smallest absolute Gasteiger partial charge is 0.224 e. The quantitative estimate of drug-likeness (QED) is 0.852. The van der Waals surface area contributed by atoms with E-state index in [2.05, 4.69) is 5.32 Å². The minimum absolute atomic E-state index is 0.0324. The summed E-state index contributed by atoms with van der Waals surface area (Å²) in [4.78, 5) is 26.6. The summed E-state index contributed by atoms with van der Waals surface area (Å²) in [6.07, 6.45) is 7.54. The molecule has 27 heavy (non-hydrogen) atoms. The zero-order valence-corrected chi connectivity index (χ0v) is 16.3. The van der Waals surface area contributed by atoms with Crippen LogP contribution in [0.25, 0.3) is 0 Å². The molecule has 0 spiro atoms. The number of rotatable bonds is 5. The third-order valence-electron chi connectivity index (χ3n) is 6.30. The van der Waals surface area contributed by atoms with Crippen LogP contribution in [0.2, 0.25) is 0 Å². The van der Waals surface area contributed by atoms with Crippen molar-refractivity contribution in [3.63, 3.8) is 0 Å². The minimum atomic E-state index is -0.218. The molecule has 1 saturated heterocycles. The van der Waals surface area contributed by atoms with Crippen molar-refractivity contribution >= 4 is 11.8 Å². The third kappa shape index (κ3) is 4.69. The second kappa shape index (κ2) is 8.85. The number of hydrogen-bond acceptors (Lipinski definition) is 2. The molecule has 1 aromatic rings. The van der Waals surface area contributed by atoms with Crippen molar-refractivity contribution in [2.45, 2.75) is 63.7 Å². The lowest BCUT2D eigenvalue weighted by atomic mass is 9.69. The molecular formula is C22H31FN2O2. The van der Waals surface area contributed by atoms with Gasteiger partial charge in [0, 0.05) is 31.5 Å². The molecule has 4 nitrogen and oxygen atoms in total. The van der Waals surface area contributed by atoms with Gasteiger partial charge in [0.25, 0.3) is 0 Å². The van der Waals surface area contributed by atoms with Crippen LogP contribution in [0.1, 0.15) is 63.9 Å². The second-order valence-electron chi connectivity index (χ2n) is 8.10. The molecule has 0 bridgehead atoms. The van der Waals surface area contributed by atoms with Crippen LogP contribution in [0.3, 0.4) is 0 Å². The normalized spacial score (nSPS) is 22.3. The van der Waals surface area contributed by atoms with E-state index < -0.39 is 0 Å². The van der Waals surface area contributed by atoms with Gasteiger partial charge >= 0.3 is 0 Å². The van der Waals surface area contributed by atoms with Crippen LogP contribution in [0, 0.1) is 11.7 Å². The lowest BCUT2D eigenvalue weighted by Gasteiger charge is -2.39. The molecule has 1 aliphatic heterocycles. The number of amides is 2. The van der Waals surface area contributed by atoms with Crippen molar-refractivity contribution in [1.29, 1.82) is 0 Å². The molecule has 1 unspecified atom stereocenters. The fourth-order valence-electron chi connectivity index (χ4n) is 4.66. The molecule has 1 atom stereocenters. The Hall–Kier alpha value is -1.91. The van der Waals surface area contributed by atoms with Gasteiger partial charge in [0.15, 0.2) is 0 Å². The molecule has 1 aromatic carbocycles. The first-order chi connectivity index (χ1) is 13.0. The van der Waals surface area contributed by atoms with Crippen molar-refractivity contribution < 1.29 is 14.0 Å². The van der Waals surface area contributed by atoms with Gasteiger partial charge in [0.2, 0.25) is 11.8 Å². The van der Waals surface area contributed by atoms with Gasteiger partial charge in [-0.15, -0.1) is 0 Å². The topological polar surface area (TPSA) is 49.4 Å². The van der Waals surface area contributed by atoms with Crippen molar-refractivity contribution in [3.8, 4) is 0 Å². The Morgan fingerprint density at radius 1 is 1.22 bits per heavy atom. The number of likely N-dealkylation sites (tertiary alicyclic amines) is 1. The van der Waals surface area contributed by atoms with E-state index in [-0.39, 0.29) is 29.0 Å². The number of benzene rings is 1. The van der Waals surface area contributed by atoms with Gasteiger partial charge in [-0.3, -0.25) is 9.59 Å². The largest absolute Gasteiger partial charge is 0.355 e. The number of hydrogen-bond donors (Lipinski definition) is 1. The predicted octanol–water partition coefficient (Wildman–Crippen LogP) is 3.79. The summed E-state index contributed by atoms with van der Waals surface area (Å²) in [5, 5.41) is 3.16. The number of carbonyl (C=O) groups excluding carboxylic acids is 2. The lowest BCUT2D eigenvalue weighted by Crippen LogP contribution is -2.48. The van der Waals surface area contributed by atoms with Crippen LogP contribution in [0.5, 0.6) is 0 Å². The lowest BCUT2D eigenvalue weighted by molar-refractivity contribution is -0.135. The van der Waals surface area contributed by atoms with Crippen LogP contribution in [-0.4, -0.2) is 36.3 Å². The van der Waals surface area contributed by atoms with E-state index in [9.17, 15) is 14.0 Å². The van der Waals surface area contributed by atoms with Gasteiger partial charge in [-0.05, 0) is 43.4 Å². The van der Waals surface area contributed by atoms with Crippen molar-refractivity contribution in [2.24, 2.45) is 5.92 Å². The molecule has 1 heterocycles. The molecule has 1 N–H and O–H groups in total. The highest BCUT2D eigenvalue weighted by Gasteiger charge is 2.36. The van der Waals surface area contributed by atoms with Gasteiger partial charge in [-0.2, -0.15) is 0 Å². The Morgan fingerprint density at radius 2 is 2.00 bits per heavy atom. The first kappa shape index (κ1) is 19.8. The average molecular weight is 375 g/mol. The Kier molecular flexibility index (Phi) is 6.51. The molecule has 1 aliphatic carbocycles. The molecule has 2 aliphatic rings. The fourth-order valence-corrected chi connectivity index (χ4v) is 4.66. The number of carbonyl (C=O) groups is 2. The van der Waals surface area contributed by atoms with E-state index >= 15 is 0 Å². The monoisotopic (exact) mass is 374 g/mol. The standard InChI is InChI=1S/C22H31FN2O2/c1-2-20(26)25-13-7-8-17(15-25)21(27)24-16-22(11-4-3-5-12-22)18-9-6-10-19(23)14-18/h6,9-10,14,17H,2-5,7-8,11-13,15-16H2,1H3,(H,24,27). The third-order valence-corrected chi connectivity index (χ3v) is 6.30. The Morgan fingerprint density at radius 3 is 2.70 bits per heavy atom. The van der Waals surface area contributed by atoms with Crippen molar-refractivity contribution in [1.82, 2.24) is 10.2 Å². The van der Waals surface area contributed by atoms with Crippen LogP contribution in [0.15, 0.2) is 24.3 Å². The summed E-state index contributed by atoms with van der Waals surface area (Å²) in [6, 6.07) is 6.85. The first-order valence-corrected chi connectivity index (χ1v) is 10.4. The maximum Gasteiger partial charge on any atom is 0.224 e. The maximum absolute atomic E-state index is 13.8. The zero-order valence-electron chi connectivity index (χ0n) is 16.3. The molecule has 2 fully saturated rings. The van der Waals surface area contributed by atoms with E-state index in [0.717, 1.165) is 50.6 Å². The molecule has 1 saturated carbocycles. The van der Waals surface area contributed by atoms with Crippen LogP contribution in [0.4, 0.5) is 4.39 Å². The van der Waals surface area contributed by atoms with E-state index in [4.69, 9.17) is 0 Å². The second-order valence-corrected chi connectivity index (χ2v) is 8.10. The summed E-state index contributed by atoms with van der Waals surface area (Å²) in [7, 11) is 0. The van der Waals surface area contributed by atoms with Crippen LogP contribution < -0.4 is 5.32 Å². The van der Waals surface area contributed by atoms with E-state index in [1.54, 1.807) is 12.1 Å². The Bertz CT molecular complexity index is 670. The maximum atomic E-state index is 13.8. The van der Waals surface area contributed by atoms with Crippen LogP contribution in [-0.2, 0) is 15.0 Å². The minimum Gasteiger partial charge on any atom is -0.355 e. The summed E-state index contributed by atoms with van der Waals surface area (Å²) in [5.41, 5.74) is 0.817. The highest BCUT2D eigenvalue weighted by Crippen LogP contribution is 2.39. The van der Waals surface area contributed by atoms with E-state index in [1.165, 1.54) is 12.5 Å². The van der Waals surface area contributed by atoms with Gasteiger partial charge in [0.05, 0.1) is 5.92 Å². The van der Waals surface area contributed by atoms with Gasteiger partial charge < -0.3 is 10.2 Å². The molecule has 5 heteroatoms. The van der Waals surface area contributed by atoms with E-state index in [1.807, 2.05) is 17.9 Å². The molecule has 0 aromatic heterocycles. The molecular weight excluding hydrogens is 343 g/mol. The molecule has 3 rings (SSSR count). The summed E-state index contributed by atoms with van der Waals surface area (Å²) < 4.78 is 13.8. The first-order valence-electron chi connectivity index (χ1n) is 10.4. The molecule has 148 valence electrons. The van der Waals surface area contributed by atoms with Crippen molar-refractivity contribution in [3.05, 3.63) is 35.6 Å². The number of halogens is 1. The van der Waals surface area contributed by atoms with Gasteiger partial charge in [-0.25, -0.2) is 4.39 Å². The highest BCUT2D eigenvalue weighted by atomic mass is 19.1.